The molecule has 0 spiro atoms. The van der Waals surface area contributed by atoms with Crippen LogP contribution in [0.2, 0.25) is 0 Å². The van der Waals surface area contributed by atoms with Crippen molar-refractivity contribution < 1.29 is 23.9 Å². The van der Waals surface area contributed by atoms with Crippen molar-refractivity contribution in [3.8, 4) is 6.07 Å². The Balaban J connectivity index is 1.49. The Kier molecular flexibility index (Phi) is 8.64. The summed E-state index contributed by atoms with van der Waals surface area (Å²) in [4.78, 5) is 57.5. The van der Waals surface area contributed by atoms with Crippen LogP contribution in [0.4, 0.5) is 4.79 Å². The molecule has 11 heteroatoms. The van der Waals surface area contributed by atoms with Gasteiger partial charge in [-0.3, -0.25) is 19.3 Å². The number of hydrogen-bond acceptors (Lipinski definition) is 7. The number of rotatable bonds is 8. The number of carbonyl (C=O) groups excluding carboxylic acids is 4. The predicted molar refractivity (Wildman–Crippen MR) is 152 cm³/mol. The Morgan fingerprint density at radius 3 is 2.41 bits per heavy atom. The molecule has 41 heavy (non-hydrogen) atoms. The number of carbonyl (C=O) groups is 4. The summed E-state index contributed by atoms with van der Waals surface area (Å²) < 4.78 is 5.44. The molecule has 1 aromatic carbocycles. The number of likely N-dealkylation sites (N-methyl/N-ethyl adjacent to an activating group) is 1. The second-order valence-electron chi connectivity index (χ2n) is 12.6. The van der Waals surface area contributed by atoms with Gasteiger partial charge in [0, 0.05) is 31.2 Å². The highest BCUT2D eigenvalue weighted by atomic mass is 16.6. The van der Waals surface area contributed by atoms with E-state index >= 15 is 0 Å². The fourth-order valence-corrected chi connectivity index (χ4v) is 6.21. The molecule has 4 amide bonds. The molecule has 3 aliphatic rings. The second-order valence-corrected chi connectivity index (χ2v) is 12.6. The fourth-order valence-electron chi connectivity index (χ4n) is 6.21. The molecule has 1 aromatic rings. The van der Waals surface area contributed by atoms with Crippen LogP contribution in [0.5, 0.6) is 0 Å². The number of piperidine rings is 1. The largest absolute Gasteiger partial charge is 0.444 e. The Hall–Kier alpha value is -3.65. The van der Waals surface area contributed by atoms with Gasteiger partial charge >= 0.3 is 6.09 Å². The maximum atomic E-state index is 13.8. The summed E-state index contributed by atoms with van der Waals surface area (Å²) in [6.45, 7) is 9.29. The molecule has 2 saturated heterocycles. The topological polar surface area (TPSA) is 135 Å². The van der Waals surface area contributed by atoms with Crippen molar-refractivity contribution >= 4 is 23.8 Å². The maximum absolute atomic E-state index is 13.8. The summed E-state index contributed by atoms with van der Waals surface area (Å²) in [6.07, 6.45) is 1.36. The van der Waals surface area contributed by atoms with Gasteiger partial charge in [0.25, 0.3) is 5.91 Å². The van der Waals surface area contributed by atoms with Crippen LogP contribution >= 0.6 is 0 Å². The van der Waals surface area contributed by atoms with Crippen molar-refractivity contribution in [3.63, 3.8) is 0 Å². The van der Waals surface area contributed by atoms with Crippen LogP contribution in [-0.4, -0.2) is 95.0 Å². The molecule has 3 unspecified atom stereocenters. The minimum absolute atomic E-state index is 0.0275. The minimum Gasteiger partial charge on any atom is -0.444 e. The Bertz CT molecular complexity index is 1220. The highest BCUT2D eigenvalue weighted by Gasteiger charge is 2.55. The van der Waals surface area contributed by atoms with E-state index in [-0.39, 0.29) is 42.4 Å². The van der Waals surface area contributed by atoms with E-state index in [0.717, 1.165) is 12.0 Å². The third-order valence-corrected chi connectivity index (χ3v) is 8.38. The zero-order chi connectivity index (χ0) is 30.2. The number of alkyl carbamates (subject to hydrolysis) is 1. The molecule has 11 nitrogen and oxygen atoms in total. The monoisotopic (exact) mass is 566 g/mol. The van der Waals surface area contributed by atoms with E-state index in [4.69, 9.17) is 4.74 Å². The van der Waals surface area contributed by atoms with Gasteiger partial charge in [0.05, 0.1) is 18.2 Å². The highest BCUT2D eigenvalue weighted by molar-refractivity contribution is 5.94. The lowest BCUT2D eigenvalue weighted by atomic mass is 10.0. The third kappa shape index (κ3) is 6.48. The van der Waals surface area contributed by atoms with Crippen LogP contribution in [0.1, 0.15) is 75.8 Å². The van der Waals surface area contributed by atoms with Gasteiger partial charge in [0.1, 0.15) is 17.7 Å². The second kappa shape index (κ2) is 11.7. The maximum Gasteiger partial charge on any atom is 0.408 e. The number of hydrogen-bond donors (Lipinski definition) is 2. The fraction of sp³-hybridized carbons (Fsp3) is 0.633. The molecule has 1 aliphatic carbocycles. The number of benzene rings is 1. The zero-order valence-corrected chi connectivity index (χ0v) is 25.0. The minimum atomic E-state index is -0.975. The molecular weight excluding hydrogens is 524 g/mol. The molecule has 3 fully saturated rings. The van der Waals surface area contributed by atoms with Crippen LogP contribution in [0.15, 0.2) is 24.3 Å². The van der Waals surface area contributed by atoms with Crippen LogP contribution in [0.25, 0.3) is 0 Å². The van der Waals surface area contributed by atoms with Crippen LogP contribution < -0.4 is 10.6 Å². The lowest BCUT2D eigenvalue weighted by Gasteiger charge is -2.33. The molecule has 2 heterocycles. The quantitative estimate of drug-likeness (QED) is 0.493. The van der Waals surface area contributed by atoms with E-state index in [9.17, 15) is 24.4 Å². The SMILES string of the molecule is CNC(=O)c1ccc([C@H](C)N2C(=O)[C@@H](N(C)C[C@H](NC(=O)OC(C)(C)C)C(=O)N3C4CC4C[C@H]3C#N)CC2C)cc1. The average Bonchev–Trinajstić information content (AvgIpc) is 3.47. The van der Waals surface area contributed by atoms with Gasteiger partial charge in [-0.1, -0.05) is 12.1 Å². The van der Waals surface area contributed by atoms with Crippen molar-refractivity contribution in [2.24, 2.45) is 5.92 Å². The van der Waals surface area contributed by atoms with Crippen LogP contribution in [0.3, 0.4) is 0 Å². The van der Waals surface area contributed by atoms with E-state index in [1.54, 1.807) is 51.9 Å². The normalized spacial score (nSPS) is 26.7. The van der Waals surface area contributed by atoms with Crippen molar-refractivity contribution in [1.29, 1.82) is 5.26 Å². The van der Waals surface area contributed by atoms with Gasteiger partial charge < -0.3 is 25.2 Å². The van der Waals surface area contributed by atoms with Gasteiger partial charge in [-0.05, 0) is 84.5 Å². The lowest BCUT2D eigenvalue weighted by Crippen LogP contribution is -2.57. The standard InChI is InChI=1S/C30H42N6O5/c1-17-12-25(28(39)35(17)18(2)19-8-10-20(11-9-19)26(37)32-6)34(7)16-23(33-29(40)41-30(3,4)5)27(38)36-22(15-31)13-21-14-24(21)36/h8-11,17-18,21-25H,12-14,16H2,1-7H3,(H,32,37)(H,33,40)/t17?,18-,21?,22-,23-,24?,25-/m0/s1. The van der Waals surface area contributed by atoms with Crippen LogP contribution in [-0.2, 0) is 14.3 Å². The number of amides is 4. The van der Waals surface area contributed by atoms with E-state index in [1.165, 1.54) is 0 Å². The van der Waals surface area contributed by atoms with Crippen molar-refractivity contribution in [2.75, 3.05) is 20.6 Å². The number of nitrogens with one attached hydrogen (secondary N) is 2. The summed E-state index contributed by atoms with van der Waals surface area (Å²) in [5, 5.41) is 15.0. The number of likely N-dealkylation sites (tertiary alicyclic amines) is 2. The van der Waals surface area contributed by atoms with Crippen molar-refractivity contribution in [2.45, 2.75) is 95.7 Å². The summed E-state index contributed by atoms with van der Waals surface area (Å²) >= 11 is 0. The molecule has 222 valence electrons. The molecule has 2 aliphatic heterocycles. The van der Waals surface area contributed by atoms with Gasteiger partial charge in [-0.2, -0.15) is 5.26 Å². The summed E-state index contributed by atoms with van der Waals surface area (Å²) in [5.74, 6) is -0.224. The van der Waals surface area contributed by atoms with E-state index < -0.39 is 29.8 Å². The van der Waals surface area contributed by atoms with Crippen molar-refractivity contribution in [3.05, 3.63) is 35.4 Å². The number of fused-ring (bicyclic) bond motifs is 1. The first kappa shape index (κ1) is 30.3. The van der Waals surface area contributed by atoms with Gasteiger partial charge in [0.15, 0.2) is 0 Å². The lowest BCUT2D eigenvalue weighted by molar-refractivity contribution is -0.138. The van der Waals surface area contributed by atoms with Crippen LogP contribution in [0, 0.1) is 17.2 Å². The Morgan fingerprint density at radius 1 is 1.17 bits per heavy atom. The smallest absolute Gasteiger partial charge is 0.408 e. The molecule has 1 saturated carbocycles. The van der Waals surface area contributed by atoms with Gasteiger partial charge in [-0.25, -0.2) is 4.79 Å². The summed E-state index contributed by atoms with van der Waals surface area (Å²) in [7, 11) is 3.36. The van der Waals surface area contributed by atoms with Gasteiger partial charge in [0.2, 0.25) is 11.8 Å². The summed E-state index contributed by atoms with van der Waals surface area (Å²) in [6, 6.07) is 7.20. The zero-order valence-electron chi connectivity index (χ0n) is 25.0. The summed E-state index contributed by atoms with van der Waals surface area (Å²) in [5.41, 5.74) is 0.709. The van der Waals surface area contributed by atoms with E-state index in [0.29, 0.717) is 24.3 Å². The molecule has 7 atom stereocenters. The first-order valence-corrected chi connectivity index (χ1v) is 14.3. The number of ether oxygens (including phenoxy) is 1. The highest BCUT2D eigenvalue weighted by Crippen LogP contribution is 2.47. The average molecular weight is 567 g/mol. The first-order valence-electron chi connectivity index (χ1n) is 14.3. The number of nitriles is 1. The van der Waals surface area contributed by atoms with E-state index in [2.05, 4.69) is 16.7 Å². The molecule has 0 bridgehead atoms. The molecular formula is C30H42N6O5. The molecule has 4 rings (SSSR count). The number of nitrogens with zero attached hydrogens (tertiary/aromatic N) is 4. The first-order chi connectivity index (χ1) is 19.2. The van der Waals surface area contributed by atoms with Gasteiger partial charge in [-0.15, -0.1) is 0 Å². The molecule has 0 radical (unpaired) electrons. The third-order valence-electron chi connectivity index (χ3n) is 8.38. The molecule has 0 aromatic heterocycles. The van der Waals surface area contributed by atoms with E-state index in [1.807, 2.05) is 35.8 Å². The predicted octanol–water partition coefficient (Wildman–Crippen LogP) is 2.43. The van der Waals surface area contributed by atoms with Crippen molar-refractivity contribution in [1.82, 2.24) is 25.3 Å². The Morgan fingerprint density at radius 2 is 1.83 bits per heavy atom. The molecule has 2 N–H and O–H groups in total. The Labute approximate surface area is 242 Å².